The van der Waals surface area contributed by atoms with Crippen LogP contribution in [0, 0.1) is 13.5 Å². The standard InChI is InChI=1S/C20H21FN6/c1-13-3-6-19-18(9-13)25-20(26-8-7-16(21)17(22)12-26)27(19)11-15-5-4-14(23-2)10-24-15/h3-6,9-10,16-17H,7-8,11-12,22H2,1H3/t16-,17-/m1/s1. The number of halogens is 1. The van der Waals surface area contributed by atoms with E-state index in [1.54, 1.807) is 12.3 Å². The lowest BCUT2D eigenvalue weighted by Gasteiger charge is -2.34. The molecule has 27 heavy (non-hydrogen) atoms. The highest BCUT2D eigenvalue weighted by molar-refractivity contribution is 5.80. The molecule has 3 aromatic rings. The second-order valence-corrected chi connectivity index (χ2v) is 7.02. The molecule has 0 unspecified atom stereocenters. The molecule has 1 aliphatic rings. The highest BCUT2D eigenvalue weighted by Gasteiger charge is 2.29. The third-order valence-corrected chi connectivity index (χ3v) is 5.00. The van der Waals surface area contributed by atoms with E-state index in [4.69, 9.17) is 17.3 Å². The molecule has 2 aromatic heterocycles. The van der Waals surface area contributed by atoms with Gasteiger partial charge in [-0.25, -0.2) is 14.2 Å². The summed E-state index contributed by atoms with van der Waals surface area (Å²) in [6, 6.07) is 9.27. The van der Waals surface area contributed by atoms with E-state index >= 15 is 0 Å². The van der Waals surface area contributed by atoms with Crippen molar-refractivity contribution in [1.29, 1.82) is 0 Å². The number of piperidine rings is 1. The van der Waals surface area contributed by atoms with Crippen molar-refractivity contribution in [2.45, 2.75) is 32.1 Å². The number of rotatable bonds is 3. The van der Waals surface area contributed by atoms with Crippen molar-refractivity contribution >= 4 is 22.7 Å². The number of hydrogen-bond acceptors (Lipinski definition) is 4. The second kappa shape index (κ2) is 6.97. The Labute approximate surface area is 157 Å². The molecule has 1 aromatic carbocycles. The van der Waals surface area contributed by atoms with Crippen LogP contribution in [0.5, 0.6) is 0 Å². The van der Waals surface area contributed by atoms with Gasteiger partial charge in [-0.2, -0.15) is 0 Å². The zero-order chi connectivity index (χ0) is 19.0. The molecule has 1 fully saturated rings. The SMILES string of the molecule is [C-]#[N+]c1ccc(Cn2c(N3CC[C@@H](F)[C@H](N)C3)nc3cc(C)ccc32)nc1. The molecular weight excluding hydrogens is 343 g/mol. The lowest BCUT2D eigenvalue weighted by atomic mass is 10.1. The Kier molecular flexibility index (Phi) is 4.50. The van der Waals surface area contributed by atoms with Crippen molar-refractivity contribution in [2.75, 3.05) is 18.0 Å². The number of benzene rings is 1. The van der Waals surface area contributed by atoms with Gasteiger partial charge in [0.25, 0.3) is 0 Å². The summed E-state index contributed by atoms with van der Waals surface area (Å²) in [6.45, 7) is 10.6. The van der Waals surface area contributed by atoms with Crippen LogP contribution in [0.2, 0.25) is 0 Å². The van der Waals surface area contributed by atoms with E-state index in [2.05, 4.69) is 31.4 Å². The second-order valence-electron chi connectivity index (χ2n) is 7.02. The van der Waals surface area contributed by atoms with Crippen LogP contribution in [0.3, 0.4) is 0 Å². The first kappa shape index (κ1) is 17.4. The summed E-state index contributed by atoms with van der Waals surface area (Å²) >= 11 is 0. The number of hydrogen-bond donors (Lipinski definition) is 1. The lowest BCUT2D eigenvalue weighted by molar-refractivity contribution is 0.243. The molecule has 0 radical (unpaired) electrons. The molecule has 0 bridgehead atoms. The smallest absolute Gasteiger partial charge is 0.206 e. The van der Waals surface area contributed by atoms with Crippen LogP contribution >= 0.6 is 0 Å². The van der Waals surface area contributed by atoms with E-state index in [0.717, 1.165) is 28.2 Å². The molecule has 0 saturated carbocycles. The fourth-order valence-electron chi connectivity index (χ4n) is 3.50. The Morgan fingerprint density at radius 3 is 2.89 bits per heavy atom. The Balaban J connectivity index is 1.75. The summed E-state index contributed by atoms with van der Waals surface area (Å²) in [7, 11) is 0. The number of nitrogens with zero attached hydrogens (tertiary/aromatic N) is 5. The summed E-state index contributed by atoms with van der Waals surface area (Å²) in [4.78, 5) is 14.7. The average molecular weight is 364 g/mol. The van der Waals surface area contributed by atoms with Crippen LogP contribution in [0.1, 0.15) is 17.7 Å². The van der Waals surface area contributed by atoms with Crippen LogP contribution in [0.4, 0.5) is 16.0 Å². The molecule has 138 valence electrons. The lowest BCUT2D eigenvalue weighted by Crippen LogP contribution is -2.50. The van der Waals surface area contributed by atoms with E-state index in [-0.39, 0.29) is 0 Å². The maximum atomic E-state index is 13.8. The average Bonchev–Trinajstić information content (AvgIpc) is 3.02. The number of alkyl halides is 1. The van der Waals surface area contributed by atoms with E-state index in [0.29, 0.717) is 31.7 Å². The van der Waals surface area contributed by atoms with Crippen LogP contribution in [-0.4, -0.2) is 39.8 Å². The topological polar surface area (TPSA) is 64.3 Å². The van der Waals surface area contributed by atoms with Gasteiger partial charge in [0.2, 0.25) is 11.6 Å². The predicted octanol–water partition coefficient (Wildman–Crippen LogP) is 3.21. The maximum Gasteiger partial charge on any atom is 0.206 e. The molecule has 0 amide bonds. The molecule has 6 nitrogen and oxygen atoms in total. The number of pyridine rings is 1. The van der Waals surface area contributed by atoms with Crippen molar-refractivity contribution in [3.05, 3.63) is 59.2 Å². The molecule has 0 aliphatic carbocycles. The van der Waals surface area contributed by atoms with Gasteiger partial charge in [0.1, 0.15) is 6.17 Å². The third-order valence-electron chi connectivity index (χ3n) is 5.00. The molecule has 1 saturated heterocycles. The molecule has 4 rings (SSSR count). The van der Waals surface area contributed by atoms with Crippen LogP contribution in [-0.2, 0) is 6.54 Å². The molecule has 2 atom stereocenters. The Bertz CT molecular complexity index is 1000. The van der Waals surface area contributed by atoms with Crippen LogP contribution < -0.4 is 10.6 Å². The molecular formula is C20H21FN6. The molecule has 7 heteroatoms. The summed E-state index contributed by atoms with van der Waals surface area (Å²) in [5.74, 6) is 0.786. The summed E-state index contributed by atoms with van der Waals surface area (Å²) < 4.78 is 15.9. The summed E-state index contributed by atoms with van der Waals surface area (Å²) in [5.41, 5.74) is 10.4. The van der Waals surface area contributed by atoms with Gasteiger partial charge in [0.15, 0.2) is 0 Å². The molecule has 0 spiro atoms. The first-order chi connectivity index (χ1) is 13.0. The van der Waals surface area contributed by atoms with Gasteiger partial charge >= 0.3 is 0 Å². The zero-order valence-electron chi connectivity index (χ0n) is 15.1. The van der Waals surface area contributed by atoms with Gasteiger partial charge in [0, 0.05) is 19.3 Å². The number of imidazole rings is 1. The number of anilines is 1. The van der Waals surface area contributed by atoms with Crippen molar-refractivity contribution in [3.8, 4) is 0 Å². The highest BCUT2D eigenvalue weighted by atomic mass is 19.1. The molecule has 3 heterocycles. The van der Waals surface area contributed by atoms with E-state index < -0.39 is 12.2 Å². The van der Waals surface area contributed by atoms with Crippen molar-refractivity contribution in [2.24, 2.45) is 5.73 Å². The number of nitrogens with two attached hydrogens (primary N) is 1. The fraction of sp³-hybridized carbons (Fsp3) is 0.350. The first-order valence-electron chi connectivity index (χ1n) is 8.99. The minimum Gasteiger partial charge on any atom is -0.340 e. The number of aromatic nitrogens is 3. The van der Waals surface area contributed by atoms with Crippen molar-refractivity contribution in [3.63, 3.8) is 0 Å². The summed E-state index contributed by atoms with van der Waals surface area (Å²) in [5, 5.41) is 0. The summed E-state index contributed by atoms with van der Waals surface area (Å²) in [6.07, 6.45) is 1.01. The maximum absolute atomic E-state index is 13.8. The molecule has 2 N–H and O–H groups in total. The van der Waals surface area contributed by atoms with Gasteiger partial charge in [-0.3, -0.25) is 4.98 Å². The number of fused-ring (bicyclic) bond motifs is 1. The van der Waals surface area contributed by atoms with Gasteiger partial charge < -0.3 is 15.2 Å². The normalized spacial score (nSPS) is 20.0. The minimum absolute atomic E-state index is 0.404. The third kappa shape index (κ3) is 3.36. The zero-order valence-corrected chi connectivity index (χ0v) is 15.1. The van der Waals surface area contributed by atoms with E-state index in [9.17, 15) is 4.39 Å². The monoisotopic (exact) mass is 364 g/mol. The fourth-order valence-corrected chi connectivity index (χ4v) is 3.50. The largest absolute Gasteiger partial charge is 0.340 e. The number of aryl methyl sites for hydroxylation is 1. The van der Waals surface area contributed by atoms with Crippen LogP contribution in [0.25, 0.3) is 15.9 Å². The van der Waals surface area contributed by atoms with Gasteiger partial charge in [0.05, 0.1) is 35.9 Å². The van der Waals surface area contributed by atoms with Crippen molar-refractivity contribution < 1.29 is 4.39 Å². The Hall–Kier alpha value is -2.98. The Morgan fingerprint density at radius 2 is 2.19 bits per heavy atom. The predicted molar refractivity (Wildman–Crippen MR) is 104 cm³/mol. The van der Waals surface area contributed by atoms with Crippen LogP contribution in [0.15, 0.2) is 36.5 Å². The van der Waals surface area contributed by atoms with Crippen molar-refractivity contribution in [1.82, 2.24) is 14.5 Å². The van der Waals surface area contributed by atoms with E-state index in [1.807, 2.05) is 19.1 Å². The minimum atomic E-state index is -0.968. The quantitative estimate of drug-likeness (QED) is 0.725. The first-order valence-corrected chi connectivity index (χ1v) is 8.99. The Morgan fingerprint density at radius 1 is 1.33 bits per heavy atom. The highest BCUT2D eigenvalue weighted by Crippen LogP contribution is 2.27. The van der Waals surface area contributed by atoms with Gasteiger partial charge in [-0.05, 0) is 37.1 Å². The van der Waals surface area contributed by atoms with Gasteiger partial charge in [-0.15, -0.1) is 0 Å². The van der Waals surface area contributed by atoms with Gasteiger partial charge in [-0.1, -0.05) is 12.1 Å². The van der Waals surface area contributed by atoms with E-state index in [1.165, 1.54) is 0 Å². The molecule has 1 aliphatic heterocycles.